The van der Waals surface area contributed by atoms with Crippen molar-refractivity contribution < 1.29 is 14.2 Å². The number of halogens is 1. The Bertz CT molecular complexity index is 903. The van der Waals surface area contributed by atoms with Crippen molar-refractivity contribution in [1.29, 1.82) is 15.8 Å². The third-order valence-electron chi connectivity index (χ3n) is 3.48. The van der Waals surface area contributed by atoms with Crippen molar-refractivity contribution in [2.24, 2.45) is 0 Å². The molecule has 0 saturated carbocycles. The Kier molecular flexibility index (Phi) is 4.40. The zero-order valence-electron chi connectivity index (χ0n) is 13.0. The third kappa shape index (κ3) is 2.97. The van der Waals surface area contributed by atoms with E-state index in [9.17, 15) is 14.8 Å². The molecule has 0 aliphatic carbocycles. The Labute approximate surface area is 138 Å². The lowest BCUT2D eigenvalue weighted by molar-refractivity contribution is 0.0954. The standard InChI is InChI=1S/C18H12FN3O2/c1-18(2)14(5-3-11-4-6-16(23)15(19)7-11)13(10-22)17(24-18)12(8-20)9-21/h3-7,23H,1-2H3/b5-3+. The first-order valence-corrected chi connectivity index (χ1v) is 6.89. The molecule has 1 aromatic carbocycles. The number of aromatic hydroxyl groups is 1. The highest BCUT2D eigenvalue weighted by Gasteiger charge is 2.38. The first-order chi connectivity index (χ1) is 11.3. The van der Waals surface area contributed by atoms with Crippen LogP contribution in [-0.2, 0) is 4.74 Å². The fourth-order valence-corrected chi connectivity index (χ4v) is 2.29. The molecular formula is C18H12FN3O2. The van der Waals surface area contributed by atoms with Crippen LogP contribution in [0.5, 0.6) is 5.75 Å². The maximum Gasteiger partial charge on any atom is 0.172 e. The molecule has 1 heterocycles. The molecule has 0 unspecified atom stereocenters. The molecule has 0 radical (unpaired) electrons. The minimum absolute atomic E-state index is 0.0518. The number of hydrogen-bond acceptors (Lipinski definition) is 5. The molecule has 0 amide bonds. The summed E-state index contributed by atoms with van der Waals surface area (Å²) >= 11 is 0. The molecular weight excluding hydrogens is 309 g/mol. The van der Waals surface area contributed by atoms with E-state index in [0.29, 0.717) is 11.1 Å². The van der Waals surface area contributed by atoms with Crippen LogP contribution in [0.25, 0.3) is 6.08 Å². The van der Waals surface area contributed by atoms with E-state index in [1.54, 1.807) is 38.1 Å². The lowest BCUT2D eigenvalue weighted by Gasteiger charge is -2.20. The summed E-state index contributed by atoms with van der Waals surface area (Å²) in [5, 5.41) is 36.6. The molecule has 2 rings (SSSR count). The molecule has 1 aromatic rings. The Balaban J connectivity index is 2.55. The number of nitrogens with zero attached hydrogens (tertiary/aromatic N) is 3. The number of phenolic OH excluding ortho intramolecular Hbond substituents is 1. The van der Waals surface area contributed by atoms with Gasteiger partial charge in [-0.2, -0.15) is 15.8 Å². The van der Waals surface area contributed by atoms with E-state index in [2.05, 4.69) is 0 Å². The lowest BCUT2D eigenvalue weighted by Crippen LogP contribution is -2.20. The van der Waals surface area contributed by atoms with Crippen LogP contribution in [0.15, 0.2) is 46.8 Å². The van der Waals surface area contributed by atoms with Gasteiger partial charge in [0.05, 0.1) is 0 Å². The van der Waals surface area contributed by atoms with Gasteiger partial charge in [0.1, 0.15) is 29.4 Å². The van der Waals surface area contributed by atoms with E-state index < -0.39 is 17.2 Å². The van der Waals surface area contributed by atoms with Gasteiger partial charge in [-0.05, 0) is 31.5 Å². The van der Waals surface area contributed by atoms with Crippen LogP contribution in [-0.4, -0.2) is 10.7 Å². The highest BCUT2D eigenvalue weighted by Crippen LogP contribution is 2.40. The van der Waals surface area contributed by atoms with Crippen LogP contribution in [0.1, 0.15) is 19.4 Å². The van der Waals surface area contributed by atoms with Crippen LogP contribution >= 0.6 is 0 Å². The Morgan fingerprint density at radius 3 is 2.42 bits per heavy atom. The summed E-state index contributed by atoms with van der Waals surface area (Å²) in [7, 11) is 0. The number of phenols is 1. The van der Waals surface area contributed by atoms with Crippen LogP contribution in [0, 0.1) is 39.8 Å². The Morgan fingerprint density at radius 2 is 1.88 bits per heavy atom. The molecule has 0 bridgehead atoms. The normalized spacial score (nSPS) is 15.6. The van der Waals surface area contributed by atoms with Gasteiger partial charge in [-0.25, -0.2) is 4.39 Å². The van der Waals surface area contributed by atoms with Crippen molar-refractivity contribution in [2.75, 3.05) is 0 Å². The van der Waals surface area contributed by atoms with E-state index in [-0.39, 0.29) is 16.9 Å². The lowest BCUT2D eigenvalue weighted by atomic mass is 9.94. The summed E-state index contributed by atoms with van der Waals surface area (Å²) in [4.78, 5) is 0. The molecule has 1 aliphatic rings. The van der Waals surface area contributed by atoms with E-state index in [0.717, 1.165) is 6.07 Å². The highest BCUT2D eigenvalue weighted by atomic mass is 19.1. The summed E-state index contributed by atoms with van der Waals surface area (Å²) in [6.45, 7) is 3.39. The van der Waals surface area contributed by atoms with E-state index in [4.69, 9.17) is 15.3 Å². The minimum atomic E-state index is -0.925. The predicted molar refractivity (Wildman–Crippen MR) is 83.2 cm³/mol. The highest BCUT2D eigenvalue weighted by molar-refractivity contribution is 5.64. The smallest absolute Gasteiger partial charge is 0.172 e. The topological polar surface area (TPSA) is 101 Å². The number of allylic oxidation sites excluding steroid dienone is 2. The Morgan fingerprint density at radius 1 is 1.21 bits per heavy atom. The molecule has 5 nitrogen and oxygen atoms in total. The maximum atomic E-state index is 13.4. The summed E-state index contributed by atoms with van der Waals surface area (Å²) < 4.78 is 19.0. The average Bonchev–Trinajstić information content (AvgIpc) is 2.80. The third-order valence-corrected chi connectivity index (χ3v) is 3.48. The van der Waals surface area contributed by atoms with Gasteiger partial charge < -0.3 is 9.84 Å². The number of rotatable bonds is 2. The quantitative estimate of drug-likeness (QED) is 0.840. The first kappa shape index (κ1) is 16.8. The van der Waals surface area contributed by atoms with Gasteiger partial charge >= 0.3 is 0 Å². The van der Waals surface area contributed by atoms with Crippen molar-refractivity contribution >= 4 is 6.08 Å². The van der Waals surface area contributed by atoms with Gasteiger partial charge in [0.15, 0.2) is 22.9 Å². The van der Waals surface area contributed by atoms with Gasteiger partial charge in [-0.15, -0.1) is 0 Å². The molecule has 1 N–H and O–H groups in total. The fraction of sp³-hybridized carbons (Fsp3) is 0.167. The second-order valence-corrected chi connectivity index (χ2v) is 5.48. The van der Waals surface area contributed by atoms with Gasteiger partial charge in [0.2, 0.25) is 0 Å². The summed E-state index contributed by atoms with van der Waals surface area (Å²) in [5.74, 6) is -1.26. The van der Waals surface area contributed by atoms with Crippen LogP contribution < -0.4 is 0 Å². The van der Waals surface area contributed by atoms with Gasteiger partial charge in [0, 0.05) is 5.57 Å². The summed E-state index contributed by atoms with van der Waals surface area (Å²) in [5.41, 5.74) is -0.168. The maximum absolute atomic E-state index is 13.4. The monoisotopic (exact) mass is 321 g/mol. The number of ether oxygens (including phenoxy) is 1. The molecule has 24 heavy (non-hydrogen) atoms. The van der Waals surface area contributed by atoms with Gasteiger partial charge in [0.25, 0.3) is 0 Å². The molecule has 6 heteroatoms. The van der Waals surface area contributed by atoms with Gasteiger partial charge in [-0.3, -0.25) is 0 Å². The zero-order valence-corrected chi connectivity index (χ0v) is 13.0. The molecule has 0 aromatic heterocycles. The number of benzene rings is 1. The number of nitriles is 3. The van der Waals surface area contributed by atoms with Crippen LogP contribution in [0.3, 0.4) is 0 Å². The average molecular weight is 321 g/mol. The van der Waals surface area contributed by atoms with Crippen molar-refractivity contribution in [3.8, 4) is 24.0 Å². The SMILES string of the molecule is CC1(C)OC(=C(C#N)C#N)C(C#N)=C1/C=C/c1ccc(O)c(F)c1. The number of hydrogen-bond donors (Lipinski definition) is 1. The first-order valence-electron chi connectivity index (χ1n) is 6.89. The van der Waals surface area contributed by atoms with Crippen molar-refractivity contribution in [2.45, 2.75) is 19.4 Å². The van der Waals surface area contributed by atoms with Crippen molar-refractivity contribution in [3.05, 3.63) is 58.1 Å². The molecule has 0 fully saturated rings. The summed E-state index contributed by atoms with van der Waals surface area (Å²) in [6.07, 6.45) is 3.13. The van der Waals surface area contributed by atoms with Crippen LogP contribution in [0.2, 0.25) is 0 Å². The molecule has 118 valence electrons. The molecule has 0 spiro atoms. The summed E-state index contributed by atoms with van der Waals surface area (Å²) in [6, 6.07) is 9.26. The molecule has 0 saturated heterocycles. The fourth-order valence-electron chi connectivity index (χ4n) is 2.29. The Hall–Kier alpha value is -3.56. The van der Waals surface area contributed by atoms with Crippen molar-refractivity contribution in [3.63, 3.8) is 0 Å². The largest absolute Gasteiger partial charge is 0.505 e. The predicted octanol–water partition coefficient (Wildman–Crippen LogP) is 3.47. The van der Waals surface area contributed by atoms with Crippen molar-refractivity contribution in [1.82, 2.24) is 0 Å². The zero-order chi connectivity index (χ0) is 17.9. The van der Waals surface area contributed by atoms with E-state index in [1.165, 1.54) is 12.1 Å². The second kappa shape index (κ2) is 6.28. The minimum Gasteiger partial charge on any atom is -0.505 e. The van der Waals surface area contributed by atoms with Crippen LogP contribution in [0.4, 0.5) is 4.39 Å². The second-order valence-electron chi connectivity index (χ2n) is 5.48. The van der Waals surface area contributed by atoms with E-state index >= 15 is 0 Å². The molecule has 1 aliphatic heterocycles. The van der Waals surface area contributed by atoms with E-state index in [1.807, 2.05) is 6.07 Å². The molecule has 0 atom stereocenters. The van der Waals surface area contributed by atoms with Gasteiger partial charge in [-0.1, -0.05) is 18.2 Å².